The molecule has 0 amide bonds. The Morgan fingerprint density at radius 2 is 2.07 bits per heavy atom. The number of benzene rings is 1. The Hall–Kier alpha value is -1.97. The molecule has 0 unspecified atom stereocenters. The van der Waals surface area contributed by atoms with Crippen molar-refractivity contribution in [1.29, 1.82) is 5.26 Å². The van der Waals surface area contributed by atoms with E-state index in [0.717, 1.165) is 0 Å². The first kappa shape index (κ1) is 10.1. The predicted molar refractivity (Wildman–Crippen MR) is 56.1 cm³/mol. The zero-order valence-corrected chi connectivity index (χ0v) is 7.75. The van der Waals surface area contributed by atoms with Crippen LogP contribution >= 0.6 is 0 Å². The maximum atomic E-state index is 8.80. The van der Waals surface area contributed by atoms with Gasteiger partial charge in [-0.3, -0.25) is 0 Å². The lowest BCUT2D eigenvalue weighted by Crippen LogP contribution is -1.95. The van der Waals surface area contributed by atoms with Crippen molar-refractivity contribution in [3.05, 3.63) is 29.3 Å². The molecule has 0 aromatic heterocycles. The van der Waals surface area contributed by atoms with Crippen LogP contribution in [0.1, 0.15) is 17.5 Å². The number of hydrogen-bond acceptors (Lipinski definition) is 3. The second kappa shape index (κ2) is 4.91. The number of nitriles is 1. The molecule has 1 rings (SSSR count). The lowest BCUT2D eigenvalue weighted by molar-refractivity contribution is 1.03. The van der Waals surface area contributed by atoms with E-state index < -0.39 is 0 Å². The first-order valence-electron chi connectivity index (χ1n) is 4.26. The zero-order valence-electron chi connectivity index (χ0n) is 7.75. The Morgan fingerprint density at radius 3 is 2.71 bits per heavy atom. The van der Waals surface area contributed by atoms with E-state index >= 15 is 0 Å². The maximum absolute atomic E-state index is 8.80. The molecule has 70 valence electrons. The molecule has 0 heterocycles. The SMILES string of the molecule is N#Cc1cc(N)ccc1C#CCCN. The summed E-state index contributed by atoms with van der Waals surface area (Å²) in [7, 11) is 0. The lowest BCUT2D eigenvalue weighted by Gasteiger charge is -1.96. The highest BCUT2D eigenvalue weighted by atomic mass is 14.5. The molecule has 0 saturated heterocycles. The van der Waals surface area contributed by atoms with E-state index in [2.05, 4.69) is 11.8 Å². The molecule has 3 nitrogen and oxygen atoms in total. The van der Waals surface area contributed by atoms with Gasteiger partial charge in [-0.25, -0.2) is 0 Å². The van der Waals surface area contributed by atoms with Crippen LogP contribution in [0.25, 0.3) is 0 Å². The van der Waals surface area contributed by atoms with E-state index in [9.17, 15) is 0 Å². The monoisotopic (exact) mass is 185 g/mol. The summed E-state index contributed by atoms with van der Waals surface area (Å²) in [6.45, 7) is 0.532. The molecule has 0 bridgehead atoms. The largest absolute Gasteiger partial charge is 0.399 e. The van der Waals surface area contributed by atoms with E-state index in [0.29, 0.717) is 29.8 Å². The van der Waals surface area contributed by atoms with Crippen LogP contribution in [-0.4, -0.2) is 6.54 Å². The van der Waals surface area contributed by atoms with Crippen molar-refractivity contribution in [2.24, 2.45) is 5.73 Å². The topological polar surface area (TPSA) is 75.8 Å². The summed E-state index contributed by atoms with van der Waals surface area (Å²) in [4.78, 5) is 0. The van der Waals surface area contributed by atoms with E-state index in [1.807, 2.05) is 6.07 Å². The molecule has 1 aromatic carbocycles. The number of nitrogens with zero attached hydrogens (tertiary/aromatic N) is 1. The molecular formula is C11H11N3. The van der Waals surface area contributed by atoms with Gasteiger partial charge in [-0.2, -0.15) is 5.26 Å². The fourth-order valence-electron chi connectivity index (χ4n) is 0.993. The Labute approximate surface area is 83.3 Å². The number of nitrogen functional groups attached to an aromatic ring is 1. The number of nitrogens with two attached hydrogens (primary N) is 2. The van der Waals surface area contributed by atoms with Crippen LogP contribution in [0, 0.1) is 23.2 Å². The molecule has 0 aliphatic heterocycles. The molecular weight excluding hydrogens is 174 g/mol. The van der Waals surface area contributed by atoms with E-state index in [-0.39, 0.29) is 0 Å². The van der Waals surface area contributed by atoms with Crippen molar-refractivity contribution < 1.29 is 0 Å². The first-order valence-corrected chi connectivity index (χ1v) is 4.26. The molecule has 0 saturated carbocycles. The van der Waals surface area contributed by atoms with Gasteiger partial charge in [0, 0.05) is 24.2 Å². The Kier molecular flexibility index (Phi) is 3.55. The van der Waals surface area contributed by atoms with Crippen LogP contribution in [0.15, 0.2) is 18.2 Å². The zero-order chi connectivity index (χ0) is 10.4. The van der Waals surface area contributed by atoms with Crippen molar-refractivity contribution in [3.63, 3.8) is 0 Å². The molecule has 0 aliphatic rings. The van der Waals surface area contributed by atoms with Gasteiger partial charge < -0.3 is 11.5 Å². The van der Waals surface area contributed by atoms with Crippen molar-refractivity contribution in [2.45, 2.75) is 6.42 Å². The molecule has 0 aliphatic carbocycles. The number of rotatable bonds is 1. The number of anilines is 1. The smallest absolute Gasteiger partial charge is 0.101 e. The highest BCUT2D eigenvalue weighted by Gasteiger charge is 1.98. The maximum Gasteiger partial charge on any atom is 0.101 e. The summed E-state index contributed by atoms with van der Waals surface area (Å²) in [5.41, 5.74) is 12.6. The molecule has 0 radical (unpaired) electrons. The van der Waals surface area contributed by atoms with Gasteiger partial charge in [-0.15, -0.1) is 0 Å². The summed E-state index contributed by atoms with van der Waals surface area (Å²) in [5, 5.41) is 8.80. The highest BCUT2D eigenvalue weighted by molar-refractivity contribution is 5.55. The summed E-state index contributed by atoms with van der Waals surface area (Å²) in [5.74, 6) is 5.76. The van der Waals surface area contributed by atoms with Gasteiger partial charge >= 0.3 is 0 Å². The van der Waals surface area contributed by atoms with Gasteiger partial charge in [0.25, 0.3) is 0 Å². The third-order valence-electron chi connectivity index (χ3n) is 1.66. The van der Waals surface area contributed by atoms with Gasteiger partial charge in [-0.05, 0) is 18.2 Å². The molecule has 3 heteroatoms. The third-order valence-corrected chi connectivity index (χ3v) is 1.66. The van der Waals surface area contributed by atoms with Crippen molar-refractivity contribution in [3.8, 4) is 17.9 Å². The van der Waals surface area contributed by atoms with E-state index in [1.165, 1.54) is 0 Å². The molecule has 0 fully saturated rings. The van der Waals surface area contributed by atoms with Crippen LogP contribution < -0.4 is 11.5 Å². The van der Waals surface area contributed by atoms with Gasteiger partial charge in [0.1, 0.15) is 6.07 Å². The lowest BCUT2D eigenvalue weighted by atomic mass is 10.1. The standard InChI is InChI=1S/C11H11N3/c12-6-2-1-3-9-4-5-11(14)7-10(9)8-13/h4-5,7H,2,6,12,14H2. The van der Waals surface area contributed by atoms with Gasteiger partial charge in [0.2, 0.25) is 0 Å². The molecule has 0 atom stereocenters. The normalized spacial score (nSPS) is 8.57. The molecule has 14 heavy (non-hydrogen) atoms. The van der Waals surface area contributed by atoms with Gasteiger partial charge in [0.15, 0.2) is 0 Å². The fraction of sp³-hybridized carbons (Fsp3) is 0.182. The quantitative estimate of drug-likeness (QED) is 0.503. The summed E-state index contributed by atoms with van der Waals surface area (Å²) in [6, 6.07) is 7.14. The average Bonchev–Trinajstić information content (AvgIpc) is 2.20. The third kappa shape index (κ3) is 2.52. The Morgan fingerprint density at radius 1 is 1.29 bits per heavy atom. The van der Waals surface area contributed by atoms with Gasteiger partial charge in [-0.1, -0.05) is 11.8 Å². The summed E-state index contributed by atoms with van der Waals surface area (Å²) in [6.07, 6.45) is 0.634. The Bertz CT molecular complexity index is 418. The molecule has 1 aromatic rings. The van der Waals surface area contributed by atoms with Crippen molar-refractivity contribution in [2.75, 3.05) is 12.3 Å². The minimum atomic E-state index is 0.509. The van der Waals surface area contributed by atoms with Crippen LogP contribution in [0.2, 0.25) is 0 Å². The Balaban J connectivity index is 3.00. The van der Waals surface area contributed by atoms with Gasteiger partial charge in [0.05, 0.1) is 5.56 Å². The van der Waals surface area contributed by atoms with Crippen LogP contribution in [0.3, 0.4) is 0 Å². The van der Waals surface area contributed by atoms with Crippen LogP contribution in [0.4, 0.5) is 5.69 Å². The minimum Gasteiger partial charge on any atom is -0.399 e. The second-order valence-electron chi connectivity index (χ2n) is 2.76. The van der Waals surface area contributed by atoms with Crippen molar-refractivity contribution in [1.82, 2.24) is 0 Å². The summed E-state index contributed by atoms with van der Waals surface area (Å²) < 4.78 is 0. The highest BCUT2D eigenvalue weighted by Crippen LogP contribution is 2.11. The van der Waals surface area contributed by atoms with Crippen molar-refractivity contribution >= 4 is 5.69 Å². The van der Waals surface area contributed by atoms with E-state index in [4.69, 9.17) is 16.7 Å². The second-order valence-corrected chi connectivity index (χ2v) is 2.76. The van der Waals surface area contributed by atoms with E-state index in [1.54, 1.807) is 18.2 Å². The number of hydrogen-bond donors (Lipinski definition) is 2. The first-order chi connectivity index (χ1) is 6.77. The molecule has 0 spiro atoms. The fourth-order valence-corrected chi connectivity index (χ4v) is 0.993. The summed E-state index contributed by atoms with van der Waals surface area (Å²) >= 11 is 0. The minimum absolute atomic E-state index is 0.509. The van der Waals surface area contributed by atoms with Crippen LogP contribution in [-0.2, 0) is 0 Å². The molecule has 4 N–H and O–H groups in total. The van der Waals surface area contributed by atoms with Crippen LogP contribution in [0.5, 0.6) is 0 Å². The average molecular weight is 185 g/mol. The predicted octanol–water partition coefficient (Wildman–Crippen LogP) is 0.841.